The van der Waals surface area contributed by atoms with E-state index in [-0.39, 0.29) is 0 Å². The second-order valence-electron chi connectivity index (χ2n) is 3.61. The van der Waals surface area contributed by atoms with Crippen molar-refractivity contribution in [3.63, 3.8) is 0 Å². The lowest BCUT2D eigenvalue weighted by Crippen LogP contribution is -1.89. The Morgan fingerprint density at radius 1 is 1.25 bits per heavy atom. The summed E-state index contributed by atoms with van der Waals surface area (Å²) in [4.78, 5) is 1.18. The SMILES string of the molecule is C[C@@H](O)c1ccc(SCc2ccco2)cc1. The van der Waals surface area contributed by atoms with Crippen LogP contribution < -0.4 is 0 Å². The Hall–Kier alpha value is -1.19. The third kappa shape index (κ3) is 2.90. The van der Waals surface area contributed by atoms with Gasteiger partial charge in [0.05, 0.1) is 18.1 Å². The van der Waals surface area contributed by atoms with Crippen molar-refractivity contribution in [1.29, 1.82) is 0 Å². The summed E-state index contributed by atoms with van der Waals surface area (Å²) in [5.74, 6) is 1.81. The van der Waals surface area contributed by atoms with Gasteiger partial charge >= 0.3 is 0 Å². The van der Waals surface area contributed by atoms with Gasteiger partial charge < -0.3 is 9.52 Å². The quantitative estimate of drug-likeness (QED) is 0.820. The molecule has 2 aromatic rings. The normalized spacial score (nSPS) is 12.6. The van der Waals surface area contributed by atoms with Crippen LogP contribution in [0.4, 0.5) is 0 Å². The highest BCUT2D eigenvalue weighted by atomic mass is 32.2. The number of benzene rings is 1. The first-order valence-electron chi connectivity index (χ1n) is 5.19. The van der Waals surface area contributed by atoms with Crippen molar-refractivity contribution in [3.8, 4) is 0 Å². The molecule has 0 amide bonds. The van der Waals surface area contributed by atoms with Crippen molar-refractivity contribution >= 4 is 11.8 Å². The molecule has 84 valence electrons. The zero-order valence-electron chi connectivity index (χ0n) is 9.09. The minimum atomic E-state index is -0.399. The Balaban J connectivity index is 1.95. The van der Waals surface area contributed by atoms with Crippen molar-refractivity contribution < 1.29 is 9.52 Å². The van der Waals surface area contributed by atoms with Crippen molar-refractivity contribution in [2.45, 2.75) is 23.7 Å². The molecule has 1 atom stereocenters. The second-order valence-corrected chi connectivity index (χ2v) is 4.66. The van der Waals surface area contributed by atoms with Crippen molar-refractivity contribution in [2.24, 2.45) is 0 Å². The molecule has 16 heavy (non-hydrogen) atoms. The Labute approximate surface area is 99.3 Å². The molecule has 0 aliphatic heterocycles. The molecule has 0 fully saturated rings. The first-order chi connectivity index (χ1) is 7.75. The number of thioether (sulfide) groups is 1. The predicted molar refractivity (Wildman–Crippen MR) is 65.3 cm³/mol. The molecule has 2 rings (SSSR count). The summed E-state index contributed by atoms with van der Waals surface area (Å²) >= 11 is 1.72. The number of rotatable bonds is 4. The van der Waals surface area contributed by atoms with Crippen LogP contribution in [0.2, 0.25) is 0 Å². The van der Waals surface area contributed by atoms with Crippen LogP contribution in [-0.2, 0) is 5.75 Å². The summed E-state index contributed by atoms with van der Waals surface area (Å²) in [5, 5.41) is 9.37. The Kier molecular flexibility index (Phi) is 3.70. The van der Waals surface area contributed by atoms with E-state index >= 15 is 0 Å². The first kappa shape index (κ1) is 11.3. The molecule has 3 heteroatoms. The molecular weight excluding hydrogens is 220 g/mol. The van der Waals surface area contributed by atoms with E-state index < -0.39 is 6.10 Å². The minimum absolute atomic E-state index is 0.399. The molecule has 0 radical (unpaired) electrons. The zero-order valence-corrected chi connectivity index (χ0v) is 9.91. The first-order valence-corrected chi connectivity index (χ1v) is 6.17. The summed E-state index contributed by atoms with van der Waals surface area (Å²) in [6.07, 6.45) is 1.29. The molecule has 1 aromatic carbocycles. The van der Waals surface area contributed by atoms with E-state index in [0.29, 0.717) is 0 Å². The van der Waals surface area contributed by atoms with Crippen LogP contribution in [0.3, 0.4) is 0 Å². The van der Waals surface area contributed by atoms with E-state index in [1.54, 1.807) is 24.9 Å². The van der Waals surface area contributed by atoms with Crippen LogP contribution in [0.5, 0.6) is 0 Å². The molecule has 0 spiro atoms. The number of hydrogen-bond acceptors (Lipinski definition) is 3. The molecular formula is C13H14O2S. The fraction of sp³-hybridized carbons (Fsp3) is 0.231. The third-order valence-electron chi connectivity index (χ3n) is 2.32. The molecule has 2 nitrogen and oxygen atoms in total. The molecule has 1 N–H and O–H groups in total. The second kappa shape index (κ2) is 5.23. The smallest absolute Gasteiger partial charge is 0.113 e. The Bertz CT molecular complexity index is 418. The maximum absolute atomic E-state index is 9.37. The van der Waals surface area contributed by atoms with Crippen LogP contribution in [0.1, 0.15) is 24.4 Å². The van der Waals surface area contributed by atoms with Crippen LogP contribution >= 0.6 is 11.8 Å². The fourth-order valence-corrected chi connectivity index (χ4v) is 2.19. The average molecular weight is 234 g/mol. The van der Waals surface area contributed by atoms with Gasteiger partial charge in [0.15, 0.2) is 0 Å². The van der Waals surface area contributed by atoms with Gasteiger partial charge in [-0.3, -0.25) is 0 Å². The number of aliphatic hydroxyl groups excluding tert-OH is 1. The van der Waals surface area contributed by atoms with Crippen molar-refractivity contribution in [3.05, 3.63) is 54.0 Å². The monoisotopic (exact) mass is 234 g/mol. The lowest BCUT2D eigenvalue weighted by atomic mass is 10.1. The Morgan fingerprint density at radius 2 is 2.00 bits per heavy atom. The number of hydrogen-bond donors (Lipinski definition) is 1. The van der Waals surface area contributed by atoms with Gasteiger partial charge in [-0.15, -0.1) is 11.8 Å². The zero-order chi connectivity index (χ0) is 11.4. The van der Waals surface area contributed by atoms with Crippen molar-refractivity contribution in [2.75, 3.05) is 0 Å². The number of furan rings is 1. The van der Waals surface area contributed by atoms with E-state index in [0.717, 1.165) is 17.1 Å². The lowest BCUT2D eigenvalue weighted by molar-refractivity contribution is 0.199. The van der Waals surface area contributed by atoms with Gasteiger partial charge in [0.25, 0.3) is 0 Å². The van der Waals surface area contributed by atoms with Gasteiger partial charge in [0.1, 0.15) is 5.76 Å². The van der Waals surface area contributed by atoms with Gasteiger partial charge in [-0.2, -0.15) is 0 Å². The highest BCUT2D eigenvalue weighted by Gasteiger charge is 2.01. The molecule has 1 aromatic heterocycles. The molecule has 0 aliphatic carbocycles. The average Bonchev–Trinajstić information content (AvgIpc) is 2.80. The minimum Gasteiger partial charge on any atom is -0.468 e. The standard InChI is InChI=1S/C13H14O2S/c1-10(14)11-4-6-13(7-5-11)16-9-12-3-2-8-15-12/h2-8,10,14H,9H2,1H3/t10-/m1/s1. The Morgan fingerprint density at radius 3 is 2.56 bits per heavy atom. The lowest BCUT2D eigenvalue weighted by Gasteiger charge is -2.05. The van der Waals surface area contributed by atoms with Crippen molar-refractivity contribution in [1.82, 2.24) is 0 Å². The largest absolute Gasteiger partial charge is 0.468 e. The van der Waals surface area contributed by atoms with Crippen LogP contribution in [-0.4, -0.2) is 5.11 Å². The summed E-state index contributed by atoms with van der Waals surface area (Å²) in [6, 6.07) is 11.8. The third-order valence-corrected chi connectivity index (χ3v) is 3.36. The molecule has 0 saturated carbocycles. The van der Waals surface area contributed by atoms with E-state index in [2.05, 4.69) is 0 Å². The molecule has 0 aliphatic rings. The van der Waals surface area contributed by atoms with Crippen LogP contribution in [0, 0.1) is 0 Å². The molecule has 1 heterocycles. The van der Waals surface area contributed by atoms with E-state index in [1.165, 1.54) is 4.90 Å². The van der Waals surface area contributed by atoms with Gasteiger partial charge in [0.2, 0.25) is 0 Å². The van der Waals surface area contributed by atoms with Crippen LogP contribution in [0.25, 0.3) is 0 Å². The van der Waals surface area contributed by atoms with Crippen LogP contribution in [0.15, 0.2) is 52.0 Å². The van der Waals surface area contributed by atoms with Gasteiger partial charge in [-0.1, -0.05) is 12.1 Å². The van der Waals surface area contributed by atoms with Gasteiger partial charge in [0, 0.05) is 4.90 Å². The van der Waals surface area contributed by atoms with E-state index in [9.17, 15) is 5.11 Å². The summed E-state index contributed by atoms with van der Waals surface area (Å²) in [7, 11) is 0. The van der Waals surface area contributed by atoms with E-state index in [4.69, 9.17) is 4.42 Å². The van der Waals surface area contributed by atoms with Gasteiger partial charge in [-0.05, 0) is 36.8 Å². The maximum Gasteiger partial charge on any atom is 0.113 e. The summed E-state index contributed by atoms with van der Waals surface area (Å²) < 4.78 is 5.26. The maximum atomic E-state index is 9.37. The fourth-order valence-electron chi connectivity index (χ4n) is 1.39. The number of aliphatic hydroxyl groups is 1. The van der Waals surface area contributed by atoms with E-state index in [1.807, 2.05) is 36.4 Å². The van der Waals surface area contributed by atoms with Gasteiger partial charge in [-0.25, -0.2) is 0 Å². The molecule has 0 bridgehead atoms. The molecule has 0 unspecified atom stereocenters. The summed E-state index contributed by atoms with van der Waals surface area (Å²) in [5.41, 5.74) is 0.947. The highest BCUT2D eigenvalue weighted by Crippen LogP contribution is 2.24. The molecule has 0 saturated heterocycles. The summed E-state index contributed by atoms with van der Waals surface area (Å²) in [6.45, 7) is 1.77. The highest BCUT2D eigenvalue weighted by molar-refractivity contribution is 7.98. The predicted octanol–water partition coefficient (Wildman–Crippen LogP) is 3.63. The topological polar surface area (TPSA) is 33.4 Å².